The largest absolute Gasteiger partial charge is 0.368 e. The van der Waals surface area contributed by atoms with E-state index in [0.29, 0.717) is 6.54 Å². The Bertz CT molecular complexity index is 7370. The molecule has 12 aromatic heterocycles. The van der Waals surface area contributed by atoms with Crippen LogP contribution in [0.1, 0.15) is 103 Å². The summed E-state index contributed by atoms with van der Waals surface area (Å²) in [4.78, 5) is 49.1. The number of carbonyl (C=O) groups is 4. The standard InChI is InChI=1S/C28H30N6O.C26H25N5O.C25H25N5O3S.C24H22FN5O/c1-28(2,27(29)35)12-11-23-6-5-15-34-26(23)25(19-31-34)22-9-7-21(8-10-22)24-18-30-33(20-24)17-16-32-13-3-4-14-32;1-26(2,25(27)32)12-11-21-4-3-13-31-24(21)23(15-29-31)20-9-7-19(8-10-20)22-14-28-30(17-22)16-18-5-6-18;1-25(2,24(26)31)11-10-20-5-4-12-30-23(20)22(16-28-30)19-8-6-18(7-9-19)21-15-27-29(17-21)13-14-34(3,32)33;1-24(2,23(26)31)10-9-19-4-3-12-30-22(19)21(15-28-30)18-7-5-17(6-8-18)20-14-27-29(16-20)13-11-25/h5-10,15,18-20H,3-4,13-14,16-17H2,1-2H3,(H2,29,35);3-4,7-10,13-15,17-18H,5-6,16H2,1-2H3,(H2,27,32);4-9,12,15-17H,13-14H2,1-3H3,(H2,26,31);3-8,12,14-16H,11,13H2,1-2H3,(H2,26,31). The minimum Gasteiger partial charge on any atom is -0.368 e. The summed E-state index contributed by atoms with van der Waals surface area (Å²) >= 11 is 0. The first-order chi connectivity index (χ1) is 63.2. The maximum Gasteiger partial charge on any atom is 0.235 e. The zero-order valence-corrected chi connectivity index (χ0v) is 75.8. The summed E-state index contributed by atoms with van der Waals surface area (Å²) in [6.45, 7) is 19.2. The summed E-state index contributed by atoms with van der Waals surface area (Å²) in [6, 6.07) is 48.0. The number of carbonyl (C=O) groups excluding carboxylic acids is 4. The van der Waals surface area contributed by atoms with Crippen molar-refractivity contribution in [1.29, 1.82) is 0 Å². The molecular formula is C103H102FN21O6S. The third-order valence-electron chi connectivity index (χ3n) is 23.3. The number of primary amides is 4. The second kappa shape index (κ2) is 38.8. The van der Waals surface area contributed by atoms with E-state index in [1.165, 1.54) is 45.0 Å². The normalized spacial score (nSPS) is 12.8. The van der Waals surface area contributed by atoms with Gasteiger partial charge in [0.2, 0.25) is 23.6 Å². The van der Waals surface area contributed by atoms with Crippen molar-refractivity contribution in [3.05, 3.63) is 267 Å². The van der Waals surface area contributed by atoms with Gasteiger partial charge in [-0.05, 0) is 193 Å². The first kappa shape index (κ1) is 91.2. The van der Waals surface area contributed by atoms with Gasteiger partial charge in [-0.25, -0.2) is 30.9 Å². The van der Waals surface area contributed by atoms with Crippen molar-refractivity contribution in [2.75, 3.05) is 38.3 Å². The molecule has 0 radical (unpaired) electrons. The fourth-order valence-electron chi connectivity index (χ4n) is 14.6. The Balaban J connectivity index is 0.000000135. The molecule has 18 rings (SSSR count). The lowest BCUT2D eigenvalue weighted by molar-refractivity contribution is -0.124. The van der Waals surface area contributed by atoms with Crippen LogP contribution < -0.4 is 22.9 Å². The number of benzene rings is 4. The first-order valence-corrected chi connectivity index (χ1v) is 45.5. The van der Waals surface area contributed by atoms with Crippen LogP contribution in [0, 0.1) is 74.9 Å². The van der Waals surface area contributed by atoms with Gasteiger partial charge in [-0.15, -0.1) is 0 Å². The minimum atomic E-state index is -3.05. The zero-order valence-electron chi connectivity index (χ0n) is 75.0. The van der Waals surface area contributed by atoms with Gasteiger partial charge >= 0.3 is 0 Å². The molecule has 0 bridgehead atoms. The summed E-state index contributed by atoms with van der Waals surface area (Å²) in [7, 11) is -3.05. The van der Waals surface area contributed by atoms with E-state index in [4.69, 9.17) is 22.9 Å². The van der Waals surface area contributed by atoms with Crippen molar-refractivity contribution in [3.63, 3.8) is 0 Å². The average molecular weight is 1780 g/mol. The Kier molecular flexibility index (Phi) is 26.8. The van der Waals surface area contributed by atoms with E-state index in [-0.39, 0.29) is 12.3 Å². The van der Waals surface area contributed by atoms with Crippen LogP contribution in [0.3, 0.4) is 0 Å². The molecule has 29 heteroatoms. The summed E-state index contributed by atoms with van der Waals surface area (Å²) in [6.07, 6.45) is 36.5. The molecule has 2 aliphatic rings. The van der Waals surface area contributed by atoms with Gasteiger partial charge in [0.15, 0.2) is 0 Å². The lowest BCUT2D eigenvalue weighted by Crippen LogP contribution is -2.29. The van der Waals surface area contributed by atoms with E-state index in [2.05, 4.69) is 154 Å². The molecule has 1 aliphatic heterocycles. The van der Waals surface area contributed by atoms with E-state index in [9.17, 15) is 32.0 Å². The molecule has 16 aromatic rings. The van der Waals surface area contributed by atoms with Gasteiger partial charge in [-0.1, -0.05) is 144 Å². The summed E-state index contributed by atoms with van der Waals surface area (Å²) in [5.74, 6) is 23.5. The number of aryl methyl sites for hydroxylation is 2. The van der Waals surface area contributed by atoms with Crippen molar-refractivity contribution in [2.24, 2.45) is 50.5 Å². The van der Waals surface area contributed by atoms with Crippen LogP contribution in [0.25, 0.3) is 111 Å². The van der Waals surface area contributed by atoms with Gasteiger partial charge < -0.3 is 27.8 Å². The summed E-state index contributed by atoms with van der Waals surface area (Å²) in [5.41, 5.74) is 41.0. The minimum absolute atomic E-state index is 0.0453. The molecule has 8 N–H and O–H groups in total. The Morgan fingerprint density at radius 1 is 0.356 bits per heavy atom. The molecule has 4 amide bonds. The number of hydrogen-bond donors (Lipinski definition) is 4. The van der Waals surface area contributed by atoms with E-state index >= 15 is 0 Å². The topological polar surface area (TPSA) is 350 Å². The van der Waals surface area contributed by atoms with Gasteiger partial charge in [-0.2, -0.15) is 40.8 Å². The fraction of sp³-hybridized carbons (Fsp3) is 0.262. The van der Waals surface area contributed by atoms with Crippen molar-refractivity contribution in [1.82, 2.24) is 82.5 Å². The smallest absolute Gasteiger partial charge is 0.235 e. The molecule has 2 fully saturated rings. The Morgan fingerprint density at radius 3 is 0.894 bits per heavy atom. The second-order valence-corrected chi connectivity index (χ2v) is 37.4. The van der Waals surface area contributed by atoms with Crippen LogP contribution in [0.5, 0.6) is 0 Å². The number of nitrogens with zero attached hydrogens (tertiary/aromatic N) is 17. The first-order valence-electron chi connectivity index (χ1n) is 43.4. The van der Waals surface area contributed by atoms with Gasteiger partial charge in [0.05, 0.1) is 119 Å². The molecule has 13 heterocycles. The number of likely N-dealkylation sites (tertiary alicyclic amines) is 1. The third kappa shape index (κ3) is 21.7. The van der Waals surface area contributed by atoms with Crippen molar-refractivity contribution in [3.8, 4) is 136 Å². The van der Waals surface area contributed by atoms with Gasteiger partial charge in [0, 0.05) is 113 Å². The molecule has 1 aliphatic carbocycles. The number of hydrogen-bond acceptors (Lipinski definition) is 15. The Morgan fingerprint density at radius 2 is 0.621 bits per heavy atom. The number of fused-ring (bicyclic) bond motifs is 4. The van der Waals surface area contributed by atoms with Crippen LogP contribution >= 0.6 is 0 Å². The highest BCUT2D eigenvalue weighted by Crippen LogP contribution is 2.37. The lowest BCUT2D eigenvalue weighted by Gasteiger charge is -2.13. The van der Waals surface area contributed by atoms with E-state index in [1.54, 1.807) is 98.6 Å². The quantitative estimate of drug-likeness (QED) is 0.0458. The maximum absolute atomic E-state index is 12.5. The number of rotatable bonds is 22. The monoisotopic (exact) mass is 1780 g/mol. The van der Waals surface area contributed by atoms with Gasteiger partial charge in [0.1, 0.15) is 38.2 Å². The van der Waals surface area contributed by atoms with Crippen molar-refractivity contribution in [2.45, 2.75) is 107 Å². The van der Waals surface area contributed by atoms with Crippen LogP contribution in [0.4, 0.5) is 4.39 Å². The molecule has 4 aromatic carbocycles. The summed E-state index contributed by atoms with van der Waals surface area (Å²) in [5, 5.41) is 35.4. The molecule has 1 saturated carbocycles. The van der Waals surface area contributed by atoms with Crippen LogP contribution in [-0.4, -0.2) is 153 Å². The highest BCUT2D eigenvalue weighted by atomic mass is 32.2. The fourth-order valence-corrected chi connectivity index (χ4v) is 15.1. The van der Waals surface area contributed by atoms with Crippen LogP contribution in [0.2, 0.25) is 0 Å². The zero-order chi connectivity index (χ0) is 93.2. The van der Waals surface area contributed by atoms with Gasteiger partial charge in [0.25, 0.3) is 0 Å². The lowest BCUT2D eigenvalue weighted by atomic mass is 9.93. The third-order valence-corrected chi connectivity index (χ3v) is 24.2. The second-order valence-electron chi connectivity index (χ2n) is 35.1. The molecule has 1 saturated heterocycles. The predicted molar refractivity (Wildman–Crippen MR) is 511 cm³/mol. The average Bonchev–Trinajstić information content (AvgIpc) is 1.63. The van der Waals surface area contributed by atoms with Gasteiger partial charge in [-0.3, -0.25) is 37.9 Å². The Labute approximate surface area is 765 Å². The maximum atomic E-state index is 12.5. The Hall–Kier alpha value is -15.6. The SMILES string of the molecule is CC(C)(C#Cc1cccn2ncc(-c3ccc(-c4cnn(CC5CC5)c4)cc3)c12)C(N)=O.CC(C)(C#Cc1cccn2ncc(-c3ccc(-c4cnn(CCF)c4)cc3)c12)C(N)=O.CC(C)(C#Cc1cccn2ncc(-c3ccc(-c4cnn(CCN5CCCC5)c4)cc3)c12)C(N)=O.CC(C)(C#Cc1cccn2ncc(-c3ccc(-c4cnn(CCS(C)(=O)=O)c4)cc3)c12)C(N)=O. The number of alkyl halides is 1. The highest BCUT2D eigenvalue weighted by Gasteiger charge is 2.28. The number of nitrogens with two attached hydrogens (primary N) is 4. The number of sulfone groups is 1. The molecule has 0 atom stereocenters. The van der Waals surface area contributed by atoms with Crippen LogP contribution in [-0.2, 0) is 55.2 Å². The molecule has 0 spiro atoms. The number of amides is 4. The highest BCUT2D eigenvalue weighted by molar-refractivity contribution is 7.90. The molecule has 0 unspecified atom stereocenters. The van der Waals surface area contributed by atoms with E-state index in [0.717, 1.165) is 159 Å². The number of pyridine rings is 4. The number of aromatic nitrogens is 16. The van der Waals surface area contributed by atoms with Crippen molar-refractivity contribution >= 4 is 55.5 Å². The molecule has 668 valence electrons. The summed E-state index contributed by atoms with van der Waals surface area (Å²) < 4.78 is 49.8. The van der Waals surface area contributed by atoms with Crippen molar-refractivity contribution < 1.29 is 32.0 Å². The van der Waals surface area contributed by atoms with E-state index < -0.39 is 61.8 Å². The molecular weight excluding hydrogens is 1680 g/mol. The van der Waals surface area contributed by atoms with Crippen LogP contribution in [0.15, 0.2) is 245 Å². The number of halogens is 1. The van der Waals surface area contributed by atoms with E-state index in [1.807, 2.05) is 177 Å². The molecule has 132 heavy (non-hydrogen) atoms. The predicted octanol–water partition coefficient (Wildman–Crippen LogP) is 14.4. The molecule has 27 nitrogen and oxygen atoms in total.